The molecule has 3 aromatic carbocycles. The molecule has 3 aromatic rings. The van der Waals surface area contributed by atoms with E-state index in [1.807, 2.05) is 36.4 Å². The lowest BCUT2D eigenvalue weighted by Crippen LogP contribution is -2.44. The number of nitrogens with two attached hydrogens (primary N) is 1. The van der Waals surface area contributed by atoms with Crippen LogP contribution in [-0.2, 0) is 30.6 Å². The van der Waals surface area contributed by atoms with Crippen LogP contribution >= 0.6 is 15.9 Å². The van der Waals surface area contributed by atoms with Gasteiger partial charge in [0.1, 0.15) is 6.04 Å². The summed E-state index contributed by atoms with van der Waals surface area (Å²) in [7, 11) is 0. The van der Waals surface area contributed by atoms with Crippen molar-refractivity contribution in [2.45, 2.75) is 31.8 Å². The van der Waals surface area contributed by atoms with E-state index in [0.29, 0.717) is 37.2 Å². The number of halogens is 1. The van der Waals surface area contributed by atoms with Crippen molar-refractivity contribution in [3.8, 4) is 0 Å². The summed E-state index contributed by atoms with van der Waals surface area (Å²) in [6.45, 7) is 1.52. The van der Waals surface area contributed by atoms with E-state index < -0.39 is 12.0 Å². The van der Waals surface area contributed by atoms with Crippen LogP contribution in [0.2, 0.25) is 0 Å². The van der Waals surface area contributed by atoms with Crippen LogP contribution in [0.4, 0.5) is 0 Å². The summed E-state index contributed by atoms with van der Waals surface area (Å²) < 4.78 is 0.906. The molecule has 0 radical (unpaired) electrons. The Hall–Kier alpha value is -3.98. The van der Waals surface area contributed by atoms with Gasteiger partial charge in [0.05, 0.1) is 5.56 Å². The molecule has 0 bridgehead atoms. The summed E-state index contributed by atoms with van der Waals surface area (Å²) in [5.41, 5.74) is 10.9. The Morgan fingerprint density at radius 2 is 1.71 bits per heavy atom. The normalized spacial score (nSPS) is 16.4. The predicted molar refractivity (Wildman–Crippen MR) is 146 cm³/mol. The molecule has 0 aliphatic carbocycles. The van der Waals surface area contributed by atoms with Crippen LogP contribution in [0.1, 0.15) is 54.6 Å². The molecule has 0 spiro atoms. The van der Waals surface area contributed by atoms with Crippen LogP contribution in [0.15, 0.2) is 65.1 Å². The first kappa shape index (κ1) is 25.7. The van der Waals surface area contributed by atoms with Gasteiger partial charge in [0.25, 0.3) is 5.91 Å². The van der Waals surface area contributed by atoms with E-state index in [-0.39, 0.29) is 29.6 Å². The number of amides is 1. The number of hydrogen-bond acceptors (Lipinski definition) is 4. The summed E-state index contributed by atoms with van der Waals surface area (Å²) in [6, 6.07) is 16.8. The molecule has 1 unspecified atom stereocenters. The van der Waals surface area contributed by atoms with E-state index in [2.05, 4.69) is 15.9 Å². The molecule has 9 heteroatoms. The van der Waals surface area contributed by atoms with Gasteiger partial charge in [-0.1, -0.05) is 46.3 Å². The van der Waals surface area contributed by atoms with Gasteiger partial charge in [-0.25, -0.2) is 4.79 Å². The Labute approximate surface area is 228 Å². The summed E-state index contributed by atoms with van der Waals surface area (Å²) in [4.78, 5) is 42.3. The summed E-state index contributed by atoms with van der Waals surface area (Å²) >= 11 is 3.60. The van der Waals surface area contributed by atoms with Gasteiger partial charge in [-0.15, -0.1) is 0 Å². The number of rotatable bonds is 5. The fourth-order valence-corrected chi connectivity index (χ4v) is 5.89. The van der Waals surface area contributed by atoms with E-state index >= 15 is 0 Å². The Kier molecular flexibility index (Phi) is 7.03. The number of carboxylic acid groups (broad SMARTS) is 1. The molecule has 0 fully saturated rings. The lowest BCUT2D eigenvalue weighted by molar-refractivity contribution is -0.123. The maximum atomic E-state index is 13.9. The van der Waals surface area contributed by atoms with Gasteiger partial charge in [0, 0.05) is 36.1 Å². The Bertz CT molecular complexity index is 1450. The number of aromatic carboxylic acids is 1. The smallest absolute Gasteiger partial charge is 0.335 e. The molecule has 1 atom stereocenters. The second-order valence-electron chi connectivity index (χ2n) is 9.64. The zero-order valence-corrected chi connectivity index (χ0v) is 22.2. The molecular formula is C29H27BrN4O4. The highest BCUT2D eigenvalue weighted by Gasteiger charge is 2.37. The molecule has 194 valence electrons. The third-order valence-corrected chi connectivity index (χ3v) is 8.06. The molecule has 38 heavy (non-hydrogen) atoms. The fourth-order valence-electron chi connectivity index (χ4n) is 5.32. The number of carbonyl (C=O) groups is 3. The highest BCUT2D eigenvalue weighted by molar-refractivity contribution is 9.10. The molecule has 1 amide bonds. The zero-order valence-electron chi connectivity index (χ0n) is 20.6. The Morgan fingerprint density at radius 3 is 2.42 bits per heavy atom. The van der Waals surface area contributed by atoms with Crippen molar-refractivity contribution >= 4 is 39.5 Å². The van der Waals surface area contributed by atoms with Crippen molar-refractivity contribution in [3.63, 3.8) is 0 Å². The number of carboxylic acids is 1. The number of hydrogen-bond donors (Lipinski definition) is 3. The third-order valence-electron chi connectivity index (χ3n) is 7.32. The number of nitrogens with one attached hydrogen (secondary N) is 1. The third kappa shape index (κ3) is 4.93. The Morgan fingerprint density at radius 1 is 0.974 bits per heavy atom. The number of Topliss-reactive ketones (excluding diaryl/α,β-unsaturated/α-hetero) is 1. The first-order valence-electron chi connectivity index (χ1n) is 12.4. The van der Waals surface area contributed by atoms with Gasteiger partial charge >= 0.3 is 5.97 Å². The van der Waals surface area contributed by atoms with Crippen molar-refractivity contribution in [1.82, 2.24) is 9.80 Å². The van der Waals surface area contributed by atoms with E-state index in [9.17, 15) is 19.5 Å². The fraction of sp³-hybridized carbons (Fsp3) is 0.241. The minimum Gasteiger partial charge on any atom is -0.478 e. The van der Waals surface area contributed by atoms with Gasteiger partial charge < -0.3 is 20.6 Å². The molecule has 8 nitrogen and oxygen atoms in total. The number of benzene rings is 3. The highest BCUT2D eigenvalue weighted by Crippen LogP contribution is 2.36. The van der Waals surface area contributed by atoms with Gasteiger partial charge in [0.2, 0.25) is 0 Å². The van der Waals surface area contributed by atoms with Crippen molar-refractivity contribution < 1.29 is 19.5 Å². The molecule has 2 aliphatic heterocycles. The van der Waals surface area contributed by atoms with Crippen LogP contribution < -0.4 is 5.73 Å². The van der Waals surface area contributed by atoms with Crippen LogP contribution in [0.25, 0.3) is 0 Å². The largest absolute Gasteiger partial charge is 0.478 e. The quantitative estimate of drug-likeness (QED) is 0.312. The van der Waals surface area contributed by atoms with E-state index in [1.165, 1.54) is 12.1 Å². The molecule has 4 N–H and O–H groups in total. The summed E-state index contributed by atoms with van der Waals surface area (Å²) in [5, 5.41) is 17.0. The molecule has 0 aromatic heterocycles. The molecule has 2 heterocycles. The number of fused-ring (bicyclic) bond motifs is 2. The minimum atomic E-state index is -1.03. The molecule has 0 saturated carbocycles. The van der Waals surface area contributed by atoms with Gasteiger partial charge in [-0.3, -0.25) is 15.0 Å². The Balaban J connectivity index is 1.47. The topological polar surface area (TPSA) is 128 Å². The van der Waals surface area contributed by atoms with Gasteiger partial charge in [-0.2, -0.15) is 0 Å². The van der Waals surface area contributed by atoms with E-state index in [0.717, 1.165) is 33.1 Å². The van der Waals surface area contributed by atoms with Crippen molar-refractivity contribution in [2.24, 2.45) is 5.73 Å². The van der Waals surface area contributed by atoms with Crippen LogP contribution in [-0.4, -0.2) is 51.6 Å². The van der Waals surface area contributed by atoms with Crippen LogP contribution in [0, 0.1) is 5.41 Å². The minimum absolute atomic E-state index is 0.00708. The van der Waals surface area contributed by atoms with Crippen molar-refractivity contribution in [1.29, 1.82) is 5.41 Å². The summed E-state index contributed by atoms with van der Waals surface area (Å²) in [6.07, 6.45) is 1.43. The van der Waals surface area contributed by atoms with Crippen molar-refractivity contribution in [2.75, 3.05) is 13.1 Å². The van der Waals surface area contributed by atoms with Gasteiger partial charge in [0.15, 0.2) is 11.7 Å². The lowest BCUT2D eigenvalue weighted by atomic mass is 9.87. The second kappa shape index (κ2) is 10.4. The number of nitrogens with zero attached hydrogens (tertiary/aromatic N) is 2. The number of ketones is 1. The zero-order chi connectivity index (χ0) is 27.0. The molecular weight excluding hydrogens is 548 g/mol. The second-order valence-corrected chi connectivity index (χ2v) is 10.5. The SMILES string of the molecule is N=C(N)N1CCc2ccc(C(=O)N3CCc4c(Br)cccc4C3C(=O)Cc3ccc(C(=O)O)cc3)cc2C1. The molecule has 2 aliphatic rings. The summed E-state index contributed by atoms with van der Waals surface area (Å²) in [5.74, 6) is -1.38. The van der Waals surface area contributed by atoms with E-state index in [4.69, 9.17) is 11.1 Å². The van der Waals surface area contributed by atoms with Crippen LogP contribution in [0.5, 0.6) is 0 Å². The van der Waals surface area contributed by atoms with Crippen LogP contribution in [0.3, 0.4) is 0 Å². The average Bonchev–Trinajstić information content (AvgIpc) is 2.91. The van der Waals surface area contributed by atoms with E-state index in [1.54, 1.807) is 21.9 Å². The number of guanidine groups is 1. The maximum Gasteiger partial charge on any atom is 0.335 e. The highest BCUT2D eigenvalue weighted by atomic mass is 79.9. The van der Waals surface area contributed by atoms with Crippen molar-refractivity contribution in [3.05, 3.63) is 104 Å². The number of carbonyl (C=O) groups excluding carboxylic acids is 2. The molecule has 5 rings (SSSR count). The monoisotopic (exact) mass is 574 g/mol. The predicted octanol–water partition coefficient (Wildman–Crippen LogP) is 3.95. The van der Waals surface area contributed by atoms with Gasteiger partial charge in [-0.05, 0) is 71.0 Å². The average molecular weight is 575 g/mol. The molecule has 0 saturated heterocycles. The maximum absolute atomic E-state index is 13.9. The first-order chi connectivity index (χ1) is 18.2. The standard InChI is InChI=1S/C29H27BrN4O4/c30-24-3-1-2-23-22(24)11-13-34(26(23)25(35)14-17-4-6-19(7-5-17)28(37)38)27(36)20-9-8-18-10-12-33(29(31)32)16-21(18)15-20/h1-9,15,26H,10-14,16H2,(H3,31,32)(H,37,38). The lowest BCUT2D eigenvalue weighted by Gasteiger charge is -2.37. The first-order valence-corrected chi connectivity index (χ1v) is 13.2.